The molecule has 1 aromatic heterocycles. The van der Waals surface area contributed by atoms with E-state index in [4.69, 9.17) is 30.3 Å². The zero-order valence-corrected chi connectivity index (χ0v) is 22.1. The Kier molecular flexibility index (Phi) is 10.0. The number of aliphatic hydroxyl groups excluding tert-OH is 1. The van der Waals surface area contributed by atoms with Crippen LogP contribution in [0.5, 0.6) is 5.75 Å². The summed E-state index contributed by atoms with van der Waals surface area (Å²) in [6.07, 6.45) is 0.190. The highest BCUT2D eigenvalue weighted by atomic mass is 32.5. The number of ether oxygens (including phenoxy) is 2. The van der Waals surface area contributed by atoms with Gasteiger partial charge in [0.05, 0.1) is 19.3 Å². The molecule has 0 aliphatic carbocycles. The van der Waals surface area contributed by atoms with Crippen molar-refractivity contribution in [3.63, 3.8) is 0 Å². The Morgan fingerprint density at radius 3 is 2.69 bits per heavy atom. The smallest absolute Gasteiger partial charge is 0.330 e. The van der Waals surface area contributed by atoms with Crippen molar-refractivity contribution in [2.24, 2.45) is 5.92 Å². The molecular weight excluding hydrogens is 509 g/mol. The molecule has 0 bridgehead atoms. The first-order valence-corrected chi connectivity index (χ1v) is 14.4. The maximum Gasteiger partial charge on any atom is 0.330 e. The summed E-state index contributed by atoms with van der Waals surface area (Å²) in [7, 11) is 0. The van der Waals surface area contributed by atoms with Gasteiger partial charge < -0.3 is 23.6 Å². The predicted octanol–water partition coefficient (Wildman–Crippen LogP) is 2.07. The first kappa shape index (κ1) is 28.2. The standard InChI is InChI=1S/C23H32N3O8PS/c1-4-5-13-31-22(29)16(3)25-35(36,34-17-9-7-6-8-10-17)32-14-18-15(2)20(28)21(33-18)26-12-11-19(27)24-23(26)30/h6-12,15-16,18,20-21,28H,4-5,13-14H2,1-3H3,(H,25,36)(H,24,27,30)/t15-,16-,18-,20-,21-,35?/m1/s1. The average molecular weight is 542 g/mol. The number of esters is 1. The second-order valence-corrected chi connectivity index (χ2v) is 11.6. The molecule has 198 valence electrons. The molecule has 36 heavy (non-hydrogen) atoms. The molecule has 2 heterocycles. The zero-order chi connectivity index (χ0) is 26.3. The molecule has 0 radical (unpaired) electrons. The number of nitrogens with one attached hydrogen (secondary N) is 2. The van der Waals surface area contributed by atoms with E-state index in [-0.39, 0.29) is 6.61 Å². The number of benzene rings is 1. The molecule has 3 rings (SSSR count). The van der Waals surface area contributed by atoms with Crippen molar-refractivity contribution >= 4 is 24.4 Å². The van der Waals surface area contributed by atoms with Crippen LogP contribution in [0.25, 0.3) is 0 Å². The number of aliphatic hydroxyl groups is 1. The molecule has 1 unspecified atom stereocenters. The Morgan fingerprint density at radius 1 is 1.31 bits per heavy atom. The van der Waals surface area contributed by atoms with Gasteiger partial charge in [0.25, 0.3) is 5.56 Å². The van der Waals surface area contributed by atoms with E-state index in [1.165, 1.54) is 12.3 Å². The van der Waals surface area contributed by atoms with Gasteiger partial charge in [0.15, 0.2) is 6.23 Å². The Bertz CT molecular complexity index is 1170. The molecule has 0 spiro atoms. The lowest BCUT2D eigenvalue weighted by Crippen LogP contribution is -2.36. The fourth-order valence-corrected chi connectivity index (χ4v) is 5.94. The van der Waals surface area contributed by atoms with Gasteiger partial charge in [-0.05, 0) is 37.3 Å². The number of hydrogen-bond acceptors (Lipinski definition) is 9. The van der Waals surface area contributed by atoms with Crippen molar-refractivity contribution in [2.45, 2.75) is 58.1 Å². The number of hydrogen-bond donors (Lipinski definition) is 3. The van der Waals surface area contributed by atoms with Crippen molar-refractivity contribution in [3.05, 3.63) is 63.4 Å². The minimum Gasteiger partial charge on any atom is -0.465 e. The van der Waals surface area contributed by atoms with Gasteiger partial charge in [-0.2, -0.15) is 0 Å². The summed E-state index contributed by atoms with van der Waals surface area (Å²) in [5.41, 5.74) is -1.25. The number of unbranched alkanes of at least 4 members (excludes halogenated alkanes) is 1. The van der Waals surface area contributed by atoms with Crippen LogP contribution in [-0.2, 0) is 30.6 Å². The summed E-state index contributed by atoms with van der Waals surface area (Å²) < 4.78 is 24.3. The van der Waals surface area contributed by atoms with Crippen LogP contribution in [0.15, 0.2) is 52.2 Å². The monoisotopic (exact) mass is 541 g/mol. The third kappa shape index (κ3) is 7.34. The maximum atomic E-state index is 12.4. The van der Waals surface area contributed by atoms with Crippen molar-refractivity contribution in [1.82, 2.24) is 14.6 Å². The molecule has 1 aliphatic rings. The van der Waals surface area contributed by atoms with Gasteiger partial charge in [-0.3, -0.25) is 19.1 Å². The van der Waals surface area contributed by atoms with Gasteiger partial charge >= 0.3 is 18.3 Å². The van der Waals surface area contributed by atoms with Crippen LogP contribution in [0.1, 0.15) is 39.8 Å². The van der Waals surface area contributed by atoms with Crippen LogP contribution in [-0.4, -0.2) is 52.1 Å². The van der Waals surface area contributed by atoms with Crippen LogP contribution in [0.3, 0.4) is 0 Å². The lowest BCUT2D eigenvalue weighted by Gasteiger charge is -2.28. The summed E-state index contributed by atoms with van der Waals surface area (Å²) in [4.78, 5) is 38.1. The number of para-hydroxylation sites is 1. The van der Waals surface area contributed by atoms with Crippen molar-refractivity contribution < 1.29 is 28.4 Å². The van der Waals surface area contributed by atoms with E-state index in [0.29, 0.717) is 12.4 Å². The molecule has 1 aromatic carbocycles. The molecular formula is C23H32N3O8PS. The Morgan fingerprint density at radius 2 is 2.03 bits per heavy atom. The van der Waals surface area contributed by atoms with E-state index < -0.39 is 54.3 Å². The van der Waals surface area contributed by atoms with E-state index in [1.54, 1.807) is 38.1 Å². The van der Waals surface area contributed by atoms with Crippen molar-refractivity contribution in [2.75, 3.05) is 13.2 Å². The molecule has 1 saturated heterocycles. The van der Waals surface area contributed by atoms with Crippen LogP contribution < -0.4 is 20.9 Å². The van der Waals surface area contributed by atoms with Crippen molar-refractivity contribution in [3.8, 4) is 5.75 Å². The highest BCUT2D eigenvalue weighted by Gasteiger charge is 2.43. The Balaban J connectivity index is 1.72. The fourth-order valence-electron chi connectivity index (χ4n) is 3.53. The second-order valence-electron chi connectivity index (χ2n) is 8.50. The predicted molar refractivity (Wildman–Crippen MR) is 136 cm³/mol. The van der Waals surface area contributed by atoms with E-state index in [0.717, 1.165) is 17.4 Å². The van der Waals surface area contributed by atoms with Gasteiger partial charge in [-0.1, -0.05) is 38.5 Å². The van der Waals surface area contributed by atoms with Gasteiger partial charge in [-0.25, -0.2) is 9.88 Å². The number of carbonyl (C=O) groups excluding carboxylic acids is 1. The fraction of sp³-hybridized carbons (Fsp3) is 0.522. The SMILES string of the molecule is CCCCOC(=O)[C@@H](C)NP(=S)(OC[C@H]1O[C@@H](n2ccc(=O)[nH]c2=O)[C@H](O)[C@@H]1C)Oc1ccccc1. The Hall–Kier alpha value is -2.34. The summed E-state index contributed by atoms with van der Waals surface area (Å²) in [5.74, 6) is -0.459. The number of H-pyrrole nitrogens is 1. The number of aromatic amines is 1. The molecule has 3 N–H and O–H groups in total. The minimum atomic E-state index is -3.29. The van der Waals surface area contributed by atoms with E-state index in [1.807, 2.05) is 13.0 Å². The number of nitrogens with zero attached hydrogens (tertiary/aromatic N) is 1. The average Bonchev–Trinajstić information content (AvgIpc) is 3.12. The lowest BCUT2D eigenvalue weighted by atomic mass is 10.0. The Labute approximate surface area is 214 Å². The zero-order valence-electron chi connectivity index (χ0n) is 20.4. The van der Waals surface area contributed by atoms with Gasteiger partial charge in [-0.15, -0.1) is 0 Å². The van der Waals surface area contributed by atoms with Gasteiger partial charge in [0, 0.05) is 18.2 Å². The normalized spacial score (nSPS) is 24.1. The van der Waals surface area contributed by atoms with E-state index >= 15 is 0 Å². The minimum absolute atomic E-state index is 0.0818. The van der Waals surface area contributed by atoms with Crippen LogP contribution in [0.2, 0.25) is 0 Å². The summed E-state index contributed by atoms with van der Waals surface area (Å²) >= 11 is 5.71. The van der Waals surface area contributed by atoms with Crippen molar-refractivity contribution in [1.29, 1.82) is 0 Å². The second kappa shape index (κ2) is 12.8. The largest absolute Gasteiger partial charge is 0.465 e. The third-order valence-corrected chi connectivity index (χ3v) is 8.18. The van der Waals surface area contributed by atoms with E-state index in [9.17, 15) is 19.5 Å². The molecule has 1 fully saturated rings. The molecule has 1 aliphatic heterocycles. The number of rotatable bonds is 12. The maximum absolute atomic E-state index is 12.4. The summed E-state index contributed by atoms with van der Waals surface area (Å²) in [5, 5.41) is 13.7. The van der Waals surface area contributed by atoms with Gasteiger partial charge in [0.2, 0.25) is 0 Å². The van der Waals surface area contributed by atoms with Crippen LogP contribution >= 0.6 is 6.64 Å². The highest BCUT2D eigenvalue weighted by Crippen LogP contribution is 2.46. The molecule has 13 heteroatoms. The molecule has 2 aromatic rings. The molecule has 0 amide bonds. The first-order valence-electron chi connectivity index (χ1n) is 11.7. The van der Waals surface area contributed by atoms with Gasteiger partial charge in [0.1, 0.15) is 17.9 Å². The molecule has 0 saturated carbocycles. The highest BCUT2D eigenvalue weighted by molar-refractivity contribution is 8.09. The van der Waals surface area contributed by atoms with E-state index in [2.05, 4.69) is 10.1 Å². The molecule has 11 nitrogen and oxygen atoms in total. The summed E-state index contributed by atoms with van der Waals surface area (Å²) in [6.45, 7) is 2.29. The number of carbonyl (C=O) groups is 1. The third-order valence-electron chi connectivity index (χ3n) is 5.68. The quantitative estimate of drug-likeness (QED) is 0.208. The first-order chi connectivity index (χ1) is 17.1. The van der Waals surface area contributed by atoms with Crippen LogP contribution in [0, 0.1) is 5.92 Å². The number of aromatic nitrogens is 2. The summed E-state index contributed by atoms with van der Waals surface area (Å²) in [6, 6.07) is 9.19. The molecule has 6 atom stereocenters. The topological polar surface area (TPSA) is 141 Å². The van der Waals surface area contributed by atoms with Crippen LogP contribution in [0.4, 0.5) is 0 Å². The lowest BCUT2D eigenvalue weighted by molar-refractivity contribution is -0.145.